The minimum absolute atomic E-state index is 0.159. The minimum atomic E-state index is -0.347. The van der Waals surface area contributed by atoms with Crippen LogP contribution in [-0.4, -0.2) is 11.6 Å². The molecule has 0 aliphatic carbocycles. The SMILES string of the molecule is O=C1CC(c2ccco2)=NN1c1ccc(F)cc1. The second kappa shape index (κ2) is 4.10. The predicted octanol–water partition coefficient (Wildman–Crippen LogP) is 2.56. The molecule has 0 N–H and O–H groups in total. The zero-order valence-electron chi connectivity index (χ0n) is 9.34. The largest absolute Gasteiger partial charge is 0.463 e. The van der Waals surface area contributed by atoms with Crippen molar-refractivity contribution in [1.29, 1.82) is 0 Å². The van der Waals surface area contributed by atoms with Crippen molar-refractivity contribution < 1.29 is 13.6 Å². The molecule has 18 heavy (non-hydrogen) atoms. The van der Waals surface area contributed by atoms with Crippen molar-refractivity contribution in [3.8, 4) is 0 Å². The first-order chi connectivity index (χ1) is 8.74. The molecular formula is C13H9FN2O2. The number of furan rings is 1. The highest BCUT2D eigenvalue weighted by Crippen LogP contribution is 2.23. The van der Waals surface area contributed by atoms with Crippen LogP contribution in [0.4, 0.5) is 10.1 Å². The Kier molecular flexibility index (Phi) is 2.44. The highest BCUT2D eigenvalue weighted by Gasteiger charge is 2.27. The van der Waals surface area contributed by atoms with E-state index in [9.17, 15) is 9.18 Å². The van der Waals surface area contributed by atoms with Crippen LogP contribution in [0.15, 0.2) is 52.2 Å². The number of halogens is 1. The van der Waals surface area contributed by atoms with Crippen LogP contribution in [0.1, 0.15) is 12.2 Å². The summed E-state index contributed by atoms with van der Waals surface area (Å²) in [5.41, 5.74) is 1.12. The van der Waals surface area contributed by atoms with E-state index in [1.54, 1.807) is 12.1 Å². The predicted molar refractivity (Wildman–Crippen MR) is 63.7 cm³/mol. The molecule has 5 heteroatoms. The van der Waals surface area contributed by atoms with E-state index in [4.69, 9.17) is 4.42 Å². The first kappa shape index (κ1) is 10.7. The van der Waals surface area contributed by atoms with Gasteiger partial charge in [-0.05, 0) is 36.4 Å². The zero-order chi connectivity index (χ0) is 12.5. The summed E-state index contributed by atoms with van der Waals surface area (Å²) in [4.78, 5) is 11.8. The van der Waals surface area contributed by atoms with Gasteiger partial charge in [-0.25, -0.2) is 9.40 Å². The number of hydrogen-bond acceptors (Lipinski definition) is 3. The van der Waals surface area contributed by atoms with E-state index in [2.05, 4.69) is 5.10 Å². The summed E-state index contributed by atoms with van der Waals surface area (Å²) >= 11 is 0. The van der Waals surface area contributed by atoms with Crippen molar-refractivity contribution >= 4 is 17.3 Å². The van der Waals surface area contributed by atoms with Crippen LogP contribution in [-0.2, 0) is 4.79 Å². The van der Waals surface area contributed by atoms with Crippen LogP contribution in [0, 0.1) is 5.82 Å². The van der Waals surface area contributed by atoms with Gasteiger partial charge in [0.05, 0.1) is 18.4 Å². The molecular weight excluding hydrogens is 235 g/mol. The van der Waals surface area contributed by atoms with Crippen LogP contribution >= 0.6 is 0 Å². The number of hydrogen-bond donors (Lipinski definition) is 0. The van der Waals surface area contributed by atoms with E-state index in [1.807, 2.05) is 0 Å². The number of benzene rings is 1. The molecule has 2 aromatic rings. The molecule has 1 aliphatic heterocycles. The average molecular weight is 244 g/mol. The topological polar surface area (TPSA) is 45.8 Å². The van der Waals surface area contributed by atoms with E-state index in [0.717, 1.165) is 0 Å². The first-order valence-electron chi connectivity index (χ1n) is 5.44. The standard InChI is InChI=1S/C13H9FN2O2/c14-9-3-5-10(6-4-9)16-13(17)8-11(15-16)12-2-1-7-18-12/h1-7H,8H2. The van der Waals surface area contributed by atoms with E-state index >= 15 is 0 Å². The molecule has 2 heterocycles. The van der Waals surface area contributed by atoms with Crippen molar-refractivity contribution in [1.82, 2.24) is 0 Å². The molecule has 0 unspecified atom stereocenters. The fourth-order valence-electron chi connectivity index (χ4n) is 1.79. The van der Waals surface area contributed by atoms with E-state index in [1.165, 1.54) is 35.5 Å². The molecule has 0 saturated carbocycles. The lowest BCUT2D eigenvalue weighted by molar-refractivity contribution is -0.116. The smallest absolute Gasteiger partial charge is 0.253 e. The monoisotopic (exact) mass is 244 g/mol. The van der Waals surface area contributed by atoms with Crippen molar-refractivity contribution in [3.05, 3.63) is 54.2 Å². The van der Waals surface area contributed by atoms with Gasteiger partial charge >= 0.3 is 0 Å². The Morgan fingerprint density at radius 2 is 2.00 bits per heavy atom. The van der Waals surface area contributed by atoms with Crippen LogP contribution < -0.4 is 5.01 Å². The second-order valence-electron chi connectivity index (χ2n) is 3.88. The minimum Gasteiger partial charge on any atom is -0.463 e. The van der Waals surface area contributed by atoms with Gasteiger partial charge in [0, 0.05) is 0 Å². The van der Waals surface area contributed by atoms with Gasteiger partial charge in [0.15, 0.2) is 0 Å². The first-order valence-corrected chi connectivity index (χ1v) is 5.44. The lowest BCUT2D eigenvalue weighted by Crippen LogP contribution is -2.19. The van der Waals surface area contributed by atoms with E-state index in [0.29, 0.717) is 17.2 Å². The molecule has 0 atom stereocenters. The summed E-state index contributed by atoms with van der Waals surface area (Å²) in [7, 11) is 0. The van der Waals surface area contributed by atoms with Crippen molar-refractivity contribution in [2.45, 2.75) is 6.42 Å². The Balaban J connectivity index is 1.93. The Morgan fingerprint density at radius 3 is 2.67 bits per heavy atom. The van der Waals surface area contributed by atoms with Crippen LogP contribution in [0.5, 0.6) is 0 Å². The van der Waals surface area contributed by atoms with Gasteiger partial charge in [0.25, 0.3) is 5.91 Å². The third-order valence-corrected chi connectivity index (χ3v) is 2.65. The Hall–Kier alpha value is -2.43. The molecule has 1 aromatic heterocycles. The lowest BCUT2D eigenvalue weighted by atomic mass is 10.2. The number of amides is 1. The number of carbonyl (C=O) groups excluding carboxylic acids is 1. The normalized spacial score (nSPS) is 15.1. The molecule has 90 valence electrons. The maximum atomic E-state index is 12.8. The highest BCUT2D eigenvalue weighted by atomic mass is 19.1. The zero-order valence-corrected chi connectivity index (χ0v) is 9.34. The van der Waals surface area contributed by atoms with Crippen LogP contribution in [0.25, 0.3) is 0 Å². The van der Waals surface area contributed by atoms with E-state index < -0.39 is 0 Å². The van der Waals surface area contributed by atoms with Gasteiger partial charge in [0.2, 0.25) is 0 Å². The molecule has 1 amide bonds. The van der Waals surface area contributed by atoms with Gasteiger partial charge < -0.3 is 4.42 Å². The second-order valence-corrected chi connectivity index (χ2v) is 3.88. The maximum Gasteiger partial charge on any atom is 0.253 e. The van der Waals surface area contributed by atoms with Gasteiger partial charge in [-0.3, -0.25) is 4.79 Å². The number of carbonyl (C=O) groups is 1. The maximum absolute atomic E-state index is 12.8. The van der Waals surface area contributed by atoms with Crippen molar-refractivity contribution in [3.63, 3.8) is 0 Å². The van der Waals surface area contributed by atoms with Crippen LogP contribution in [0.3, 0.4) is 0 Å². The molecule has 0 fully saturated rings. The number of hydrazone groups is 1. The Labute approximate surface area is 102 Å². The summed E-state index contributed by atoms with van der Waals surface area (Å²) in [6.07, 6.45) is 1.72. The molecule has 1 aliphatic rings. The Bertz CT molecular complexity index is 602. The summed E-state index contributed by atoms with van der Waals surface area (Å²) in [5.74, 6) is 0.0709. The fourth-order valence-corrected chi connectivity index (χ4v) is 1.79. The third-order valence-electron chi connectivity index (χ3n) is 2.65. The number of anilines is 1. The summed E-state index contributed by atoms with van der Waals surface area (Å²) in [6, 6.07) is 9.11. The fraction of sp³-hybridized carbons (Fsp3) is 0.0769. The number of nitrogens with zero attached hydrogens (tertiary/aromatic N) is 2. The van der Waals surface area contributed by atoms with Gasteiger partial charge in [-0.15, -0.1) is 0 Å². The molecule has 0 bridgehead atoms. The van der Waals surface area contributed by atoms with Gasteiger partial charge in [-0.2, -0.15) is 5.10 Å². The quantitative estimate of drug-likeness (QED) is 0.815. The van der Waals surface area contributed by atoms with Gasteiger partial charge in [0.1, 0.15) is 17.3 Å². The molecule has 0 radical (unpaired) electrons. The Morgan fingerprint density at radius 1 is 1.22 bits per heavy atom. The summed E-state index contributed by atoms with van der Waals surface area (Å²) < 4.78 is 18.0. The average Bonchev–Trinajstić information content (AvgIpc) is 2.99. The third kappa shape index (κ3) is 1.79. The molecule has 1 aromatic carbocycles. The summed E-state index contributed by atoms with van der Waals surface area (Å²) in [5, 5.41) is 5.46. The van der Waals surface area contributed by atoms with E-state index in [-0.39, 0.29) is 18.1 Å². The van der Waals surface area contributed by atoms with Crippen LogP contribution in [0.2, 0.25) is 0 Å². The van der Waals surface area contributed by atoms with Crippen molar-refractivity contribution in [2.75, 3.05) is 5.01 Å². The number of rotatable bonds is 2. The molecule has 0 saturated heterocycles. The lowest BCUT2D eigenvalue weighted by Gasteiger charge is -2.10. The molecule has 4 nitrogen and oxygen atoms in total. The van der Waals surface area contributed by atoms with Crippen molar-refractivity contribution in [2.24, 2.45) is 5.10 Å². The van der Waals surface area contributed by atoms with Gasteiger partial charge in [-0.1, -0.05) is 0 Å². The molecule has 0 spiro atoms. The molecule has 3 rings (SSSR count). The summed E-state index contributed by atoms with van der Waals surface area (Å²) in [6.45, 7) is 0. The highest BCUT2D eigenvalue weighted by molar-refractivity contribution is 6.18.